The van der Waals surface area contributed by atoms with Gasteiger partial charge in [0.15, 0.2) is 5.82 Å². The lowest BCUT2D eigenvalue weighted by atomic mass is 10.0. The van der Waals surface area contributed by atoms with Crippen LogP contribution in [0.5, 0.6) is 0 Å². The Hall–Kier alpha value is -2.67. The van der Waals surface area contributed by atoms with Crippen molar-refractivity contribution in [1.82, 2.24) is 25.2 Å². The van der Waals surface area contributed by atoms with Gasteiger partial charge in [0.25, 0.3) is 0 Å². The third-order valence-electron chi connectivity index (χ3n) is 5.06. The van der Waals surface area contributed by atoms with Crippen LogP contribution < -0.4 is 10.2 Å². The van der Waals surface area contributed by atoms with Crippen molar-refractivity contribution in [3.63, 3.8) is 0 Å². The standard InChI is InChI=1S/C20H26N6O/c1-2-19-23-20(27-24-19)7-11-21-16-8-13-25(14-9-16)17-5-3-6-18(15-17)26-12-4-10-22-26/h3-6,10,12,15-16,21H,2,7-9,11,13-14H2,1H3. The molecule has 142 valence electrons. The zero-order valence-corrected chi connectivity index (χ0v) is 15.7. The van der Waals surface area contributed by atoms with Crippen molar-refractivity contribution in [2.45, 2.75) is 38.6 Å². The van der Waals surface area contributed by atoms with Gasteiger partial charge >= 0.3 is 0 Å². The van der Waals surface area contributed by atoms with Crippen molar-refractivity contribution in [2.75, 3.05) is 24.5 Å². The summed E-state index contributed by atoms with van der Waals surface area (Å²) < 4.78 is 7.15. The van der Waals surface area contributed by atoms with E-state index in [0.717, 1.165) is 62.7 Å². The van der Waals surface area contributed by atoms with Crippen LogP contribution in [-0.4, -0.2) is 45.6 Å². The van der Waals surface area contributed by atoms with Gasteiger partial charge in [0.1, 0.15) is 0 Å². The summed E-state index contributed by atoms with van der Waals surface area (Å²) in [7, 11) is 0. The lowest BCUT2D eigenvalue weighted by Gasteiger charge is -2.34. The van der Waals surface area contributed by atoms with E-state index in [0.29, 0.717) is 6.04 Å². The Morgan fingerprint density at radius 1 is 1.19 bits per heavy atom. The topological polar surface area (TPSA) is 72.0 Å². The van der Waals surface area contributed by atoms with E-state index in [-0.39, 0.29) is 0 Å². The Balaban J connectivity index is 1.26. The van der Waals surface area contributed by atoms with Crippen molar-refractivity contribution >= 4 is 5.69 Å². The van der Waals surface area contributed by atoms with E-state index >= 15 is 0 Å². The molecule has 0 atom stereocenters. The molecule has 0 unspecified atom stereocenters. The first kappa shape index (κ1) is 17.7. The molecule has 7 heteroatoms. The quantitative estimate of drug-likeness (QED) is 0.693. The van der Waals surface area contributed by atoms with Gasteiger partial charge in [-0.25, -0.2) is 4.68 Å². The molecule has 1 saturated heterocycles. The summed E-state index contributed by atoms with van der Waals surface area (Å²) in [6.45, 7) is 5.03. The maximum absolute atomic E-state index is 5.25. The highest BCUT2D eigenvalue weighted by atomic mass is 16.5. The number of rotatable bonds is 7. The van der Waals surface area contributed by atoms with Crippen molar-refractivity contribution in [3.8, 4) is 5.69 Å². The van der Waals surface area contributed by atoms with E-state index in [1.54, 1.807) is 6.20 Å². The second-order valence-corrected chi connectivity index (χ2v) is 6.89. The number of piperidine rings is 1. The van der Waals surface area contributed by atoms with E-state index in [1.807, 2.05) is 23.9 Å². The van der Waals surface area contributed by atoms with E-state index in [9.17, 15) is 0 Å². The zero-order chi connectivity index (χ0) is 18.5. The number of hydrogen-bond acceptors (Lipinski definition) is 6. The first-order valence-corrected chi connectivity index (χ1v) is 9.71. The molecule has 3 aromatic rings. The lowest BCUT2D eigenvalue weighted by Crippen LogP contribution is -2.43. The minimum atomic E-state index is 0.545. The minimum absolute atomic E-state index is 0.545. The molecule has 1 aliphatic rings. The summed E-state index contributed by atoms with van der Waals surface area (Å²) in [6, 6.07) is 11.1. The van der Waals surface area contributed by atoms with Gasteiger partial charge in [-0.2, -0.15) is 10.1 Å². The molecule has 1 fully saturated rings. The van der Waals surface area contributed by atoms with Gasteiger partial charge in [0, 0.05) is 56.6 Å². The van der Waals surface area contributed by atoms with Crippen molar-refractivity contribution in [1.29, 1.82) is 0 Å². The number of anilines is 1. The Bertz CT molecular complexity index is 836. The first-order valence-electron chi connectivity index (χ1n) is 9.71. The third kappa shape index (κ3) is 4.36. The van der Waals surface area contributed by atoms with Gasteiger partial charge in [0.05, 0.1) is 5.69 Å². The van der Waals surface area contributed by atoms with Gasteiger partial charge in [-0.05, 0) is 37.1 Å². The molecule has 1 N–H and O–H groups in total. The second-order valence-electron chi connectivity index (χ2n) is 6.89. The summed E-state index contributed by atoms with van der Waals surface area (Å²) in [4.78, 5) is 6.81. The van der Waals surface area contributed by atoms with E-state index in [1.165, 1.54) is 5.69 Å². The van der Waals surface area contributed by atoms with Gasteiger partial charge in [-0.1, -0.05) is 18.1 Å². The summed E-state index contributed by atoms with van der Waals surface area (Å²) >= 11 is 0. The van der Waals surface area contributed by atoms with Crippen LogP contribution in [0.1, 0.15) is 31.5 Å². The normalized spacial score (nSPS) is 15.4. The number of hydrogen-bond donors (Lipinski definition) is 1. The average molecular weight is 366 g/mol. The Morgan fingerprint density at radius 3 is 2.78 bits per heavy atom. The SMILES string of the molecule is CCc1noc(CCNC2CCN(c3cccc(-n4cccn4)c3)CC2)n1. The highest BCUT2D eigenvalue weighted by Gasteiger charge is 2.19. The molecule has 0 aliphatic carbocycles. The second kappa shape index (κ2) is 8.35. The average Bonchev–Trinajstić information content (AvgIpc) is 3.41. The third-order valence-corrected chi connectivity index (χ3v) is 5.06. The zero-order valence-electron chi connectivity index (χ0n) is 15.7. The van der Waals surface area contributed by atoms with Crippen LogP contribution >= 0.6 is 0 Å². The molecule has 1 aliphatic heterocycles. The summed E-state index contributed by atoms with van der Waals surface area (Å²) in [5.74, 6) is 1.52. The van der Waals surface area contributed by atoms with Crippen LogP contribution in [0, 0.1) is 0 Å². The Morgan fingerprint density at radius 2 is 2.04 bits per heavy atom. The van der Waals surface area contributed by atoms with Crippen LogP contribution in [0.25, 0.3) is 5.69 Å². The number of aromatic nitrogens is 4. The van der Waals surface area contributed by atoms with E-state index in [2.05, 4.69) is 49.7 Å². The Labute approximate surface area is 159 Å². The van der Waals surface area contributed by atoms with Crippen molar-refractivity contribution in [3.05, 3.63) is 54.4 Å². The Kier molecular flexibility index (Phi) is 5.48. The monoisotopic (exact) mass is 366 g/mol. The van der Waals surface area contributed by atoms with Crippen LogP contribution in [0.2, 0.25) is 0 Å². The molecule has 4 rings (SSSR count). The maximum Gasteiger partial charge on any atom is 0.227 e. The fourth-order valence-electron chi connectivity index (χ4n) is 3.51. The fraction of sp³-hybridized carbons (Fsp3) is 0.450. The van der Waals surface area contributed by atoms with Crippen molar-refractivity contribution < 1.29 is 4.52 Å². The highest BCUT2D eigenvalue weighted by Crippen LogP contribution is 2.22. The van der Waals surface area contributed by atoms with Gasteiger partial charge in [0.2, 0.25) is 5.89 Å². The van der Waals surface area contributed by atoms with Gasteiger partial charge in [-0.3, -0.25) is 0 Å². The molecule has 0 spiro atoms. The number of aryl methyl sites for hydroxylation is 1. The van der Waals surface area contributed by atoms with Crippen molar-refractivity contribution in [2.24, 2.45) is 0 Å². The number of benzene rings is 1. The van der Waals surface area contributed by atoms with Gasteiger partial charge in [-0.15, -0.1) is 0 Å². The molecule has 3 heterocycles. The first-order chi connectivity index (χ1) is 13.3. The highest BCUT2D eigenvalue weighted by molar-refractivity contribution is 5.53. The van der Waals surface area contributed by atoms with Crippen LogP contribution in [-0.2, 0) is 12.8 Å². The molecule has 0 saturated carbocycles. The molecule has 1 aromatic carbocycles. The maximum atomic E-state index is 5.25. The largest absolute Gasteiger partial charge is 0.371 e. The molecule has 0 radical (unpaired) electrons. The lowest BCUT2D eigenvalue weighted by molar-refractivity contribution is 0.360. The predicted molar refractivity (Wildman–Crippen MR) is 104 cm³/mol. The molecular formula is C20H26N6O. The van der Waals surface area contributed by atoms with E-state index < -0.39 is 0 Å². The molecule has 0 amide bonds. The summed E-state index contributed by atoms with van der Waals surface area (Å²) in [5, 5.41) is 11.9. The number of nitrogens with one attached hydrogen (secondary N) is 1. The number of nitrogens with zero attached hydrogens (tertiary/aromatic N) is 5. The fourth-order valence-corrected chi connectivity index (χ4v) is 3.51. The molecular weight excluding hydrogens is 340 g/mol. The van der Waals surface area contributed by atoms with Crippen LogP contribution in [0.3, 0.4) is 0 Å². The smallest absolute Gasteiger partial charge is 0.227 e. The molecule has 2 aromatic heterocycles. The van der Waals surface area contributed by atoms with Gasteiger partial charge < -0.3 is 14.7 Å². The summed E-state index contributed by atoms with van der Waals surface area (Å²) in [5.41, 5.74) is 2.36. The molecule has 27 heavy (non-hydrogen) atoms. The van der Waals surface area contributed by atoms with Crippen LogP contribution in [0.15, 0.2) is 47.2 Å². The van der Waals surface area contributed by atoms with E-state index in [4.69, 9.17) is 4.52 Å². The van der Waals surface area contributed by atoms with Crippen LogP contribution in [0.4, 0.5) is 5.69 Å². The molecule has 7 nitrogen and oxygen atoms in total. The molecule has 0 bridgehead atoms. The summed E-state index contributed by atoms with van der Waals surface area (Å²) in [6.07, 6.45) is 7.66. The predicted octanol–water partition coefficient (Wildman–Crippen LogP) is 2.62. The minimum Gasteiger partial charge on any atom is -0.371 e.